The van der Waals surface area contributed by atoms with Gasteiger partial charge in [0.25, 0.3) is 0 Å². The zero-order chi connectivity index (χ0) is 11.6. The number of unbranched alkanes of at least 4 members (excludes halogenated alkanes) is 3. The van der Waals surface area contributed by atoms with Gasteiger partial charge in [-0.05, 0) is 12.5 Å². The van der Waals surface area contributed by atoms with Gasteiger partial charge < -0.3 is 9.47 Å². The molecule has 90 valence electrons. The molecule has 0 aliphatic heterocycles. The molecule has 0 N–H and O–H groups in total. The van der Waals surface area contributed by atoms with Gasteiger partial charge in [0.05, 0.1) is 13.7 Å². The van der Waals surface area contributed by atoms with Crippen LogP contribution in [0, 0.1) is 0 Å². The fraction of sp³-hybridized carbons (Fsp3) is 0.571. The normalized spacial score (nSPS) is 10.4. The first-order valence-corrected chi connectivity index (χ1v) is 6.08. The number of para-hydroxylation sites is 1. The van der Waals surface area contributed by atoms with Crippen LogP contribution in [0.1, 0.15) is 38.2 Å². The fourth-order valence-corrected chi connectivity index (χ4v) is 1.64. The second kappa shape index (κ2) is 8.17. The van der Waals surface area contributed by atoms with Gasteiger partial charge in [0.1, 0.15) is 5.75 Å². The summed E-state index contributed by atoms with van der Waals surface area (Å²) in [5.74, 6) is 0.913. The smallest absolute Gasteiger partial charge is 0.124 e. The van der Waals surface area contributed by atoms with Crippen molar-refractivity contribution in [2.24, 2.45) is 0 Å². The van der Waals surface area contributed by atoms with Crippen molar-refractivity contribution >= 4 is 0 Å². The highest BCUT2D eigenvalue weighted by atomic mass is 16.5. The van der Waals surface area contributed by atoms with Gasteiger partial charge in [-0.15, -0.1) is 0 Å². The molecule has 0 radical (unpaired) electrons. The number of hydrogen-bond donors (Lipinski definition) is 0. The lowest BCUT2D eigenvalue weighted by molar-refractivity contribution is 0.115. The van der Waals surface area contributed by atoms with Crippen LogP contribution < -0.4 is 4.74 Å². The highest BCUT2D eigenvalue weighted by Crippen LogP contribution is 2.18. The minimum Gasteiger partial charge on any atom is -0.496 e. The van der Waals surface area contributed by atoms with E-state index in [4.69, 9.17) is 9.47 Å². The molecule has 0 fully saturated rings. The van der Waals surface area contributed by atoms with Gasteiger partial charge >= 0.3 is 0 Å². The van der Waals surface area contributed by atoms with Crippen molar-refractivity contribution in [1.29, 1.82) is 0 Å². The van der Waals surface area contributed by atoms with Crippen molar-refractivity contribution in [2.75, 3.05) is 13.7 Å². The van der Waals surface area contributed by atoms with Gasteiger partial charge in [0.15, 0.2) is 0 Å². The summed E-state index contributed by atoms with van der Waals surface area (Å²) in [7, 11) is 1.69. The van der Waals surface area contributed by atoms with Crippen LogP contribution in [0.5, 0.6) is 5.75 Å². The number of rotatable bonds is 8. The third-order valence-electron chi connectivity index (χ3n) is 2.59. The Bertz CT molecular complexity index is 284. The molecule has 0 amide bonds. The highest BCUT2D eigenvalue weighted by molar-refractivity contribution is 5.32. The van der Waals surface area contributed by atoms with Crippen molar-refractivity contribution < 1.29 is 9.47 Å². The zero-order valence-electron chi connectivity index (χ0n) is 10.4. The van der Waals surface area contributed by atoms with E-state index in [1.807, 2.05) is 24.3 Å². The molecule has 0 atom stereocenters. The van der Waals surface area contributed by atoms with E-state index in [9.17, 15) is 0 Å². The second-order valence-corrected chi connectivity index (χ2v) is 3.93. The summed E-state index contributed by atoms with van der Waals surface area (Å²) >= 11 is 0. The van der Waals surface area contributed by atoms with Crippen LogP contribution in [0.15, 0.2) is 24.3 Å². The molecule has 1 rings (SSSR count). The molecule has 0 aliphatic rings. The Hall–Kier alpha value is -1.02. The lowest BCUT2D eigenvalue weighted by Crippen LogP contribution is -1.98. The Morgan fingerprint density at radius 3 is 2.62 bits per heavy atom. The maximum atomic E-state index is 5.63. The maximum Gasteiger partial charge on any atom is 0.124 e. The Morgan fingerprint density at radius 1 is 1.06 bits per heavy atom. The molecule has 0 bridgehead atoms. The Labute approximate surface area is 98.6 Å². The van der Waals surface area contributed by atoms with Crippen LogP contribution in [-0.2, 0) is 11.3 Å². The first kappa shape index (κ1) is 13.0. The van der Waals surface area contributed by atoms with E-state index in [0.717, 1.165) is 24.3 Å². The summed E-state index contributed by atoms with van der Waals surface area (Å²) in [6.07, 6.45) is 5.00. The number of methoxy groups -OCH3 is 1. The Balaban J connectivity index is 2.21. The first-order valence-electron chi connectivity index (χ1n) is 6.08. The molecular formula is C14H22O2. The van der Waals surface area contributed by atoms with Crippen LogP contribution >= 0.6 is 0 Å². The fourth-order valence-electron chi connectivity index (χ4n) is 1.64. The van der Waals surface area contributed by atoms with E-state index in [1.165, 1.54) is 19.3 Å². The summed E-state index contributed by atoms with van der Waals surface area (Å²) in [6, 6.07) is 8.00. The monoisotopic (exact) mass is 222 g/mol. The molecule has 0 spiro atoms. The van der Waals surface area contributed by atoms with Crippen LogP contribution in [0.4, 0.5) is 0 Å². The van der Waals surface area contributed by atoms with Gasteiger partial charge in [0.2, 0.25) is 0 Å². The number of hydrogen-bond acceptors (Lipinski definition) is 2. The van der Waals surface area contributed by atoms with E-state index in [0.29, 0.717) is 6.61 Å². The maximum absolute atomic E-state index is 5.63. The molecule has 0 aromatic heterocycles. The second-order valence-electron chi connectivity index (χ2n) is 3.93. The van der Waals surface area contributed by atoms with Gasteiger partial charge in [-0.25, -0.2) is 0 Å². The van der Waals surface area contributed by atoms with E-state index < -0.39 is 0 Å². The molecule has 0 heterocycles. The highest BCUT2D eigenvalue weighted by Gasteiger charge is 2.00. The summed E-state index contributed by atoms with van der Waals surface area (Å²) in [5.41, 5.74) is 1.13. The molecule has 0 saturated carbocycles. The van der Waals surface area contributed by atoms with Gasteiger partial charge in [0, 0.05) is 12.2 Å². The molecular weight excluding hydrogens is 200 g/mol. The van der Waals surface area contributed by atoms with Gasteiger partial charge in [-0.2, -0.15) is 0 Å². The molecule has 0 unspecified atom stereocenters. The zero-order valence-corrected chi connectivity index (χ0v) is 10.4. The first-order chi connectivity index (χ1) is 7.88. The average Bonchev–Trinajstić information content (AvgIpc) is 2.34. The van der Waals surface area contributed by atoms with E-state index in [2.05, 4.69) is 6.92 Å². The van der Waals surface area contributed by atoms with Crippen molar-refractivity contribution in [3.05, 3.63) is 29.8 Å². The molecule has 2 heteroatoms. The molecule has 16 heavy (non-hydrogen) atoms. The van der Waals surface area contributed by atoms with Gasteiger partial charge in [-0.3, -0.25) is 0 Å². The molecule has 2 nitrogen and oxygen atoms in total. The number of ether oxygens (including phenoxy) is 2. The minimum atomic E-state index is 0.649. The quantitative estimate of drug-likeness (QED) is 0.623. The third-order valence-corrected chi connectivity index (χ3v) is 2.59. The lowest BCUT2D eigenvalue weighted by Gasteiger charge is -2.08. The summed E-state index contributed by atoms with van der Waals surface area (Å²) < 4.78 is 10.9. The van der Waals surface area contributed by atoms with Crippen molar-refractivity contribution in [3.63, 3.8) is 0 Å². The van der Waals surface area contributed by atoms with Crippen molar-refractivity contribution in [2.45, 2.75) is 39.2 Å². The van der Waals surface area contributed by atoms with E-state index in [1.54, 1.807) is 7.11 Å². The number of benzene rings is 1. The summed E-state index contributed by atoms with van der Waals surface area (Å²) in [5, 5.41) is 0. The van der Waals surface area contributed by atoms with Crippen LogP contribution in [0.25, 0.3) is 0 Å². The predicted molar refractivity (Wildman–Crippen MR) is 66.8 cm³/mol. The Morgan fingerprint density at radius 2 is 1.88 bits per heavy atom. The summed E-state index contributed by atoms with van der Waals surface area (Å²) in [6.45, 7) is 3.71. The third kappa shape index (κ3) is 4.67. The largest absolute Gasteiger partial charge is 0.496 e. The molecule has 0 aliphatic carbocycles. The predicted octanol–water partition coefficient (Wildman–Crippen LogP) is 3.79. The minimum absolute atomic E-state index is 0.649. The summed E-state index contributed by atoms with van der Waals surface area (Å²) in [4.78, 5) is 0. The van der Waals surface area contributed by atoms with E-state index >= 15 is 0 Å². The van der Waals surface area contributed by atoms with Gasteiger partial charge in [-0.1, -0.05) is 44.4 Å². The molecule has 1 aromatic rings. The standard InChI is InChI=1S/C14H22O2/c1-3-4-5-8-11-16-12-13-9-6-7-10-14(13)15-2/h6-7,9-10H,3-5,8,11-12H2,1-2H3. The Kier molecular flexibility index (Phi) is 6.66. The molecule has 0 saturated heterocycles. The van der Waals surface area contributed by atoms with Crippen LogP contribution in [0.2, 0.25) is 0 Å². The average molecular weight is 222 g/mol. The van der Waals surface area contributed by atoms with Crippen molar-refractivity contribution in [1.82, 2.24) is 0 Å². The lowest BCUT2D eigenvalue weighted by atomic mass is 10.2. The van der Waals surface area contributed by atoms with E-state index in [-0.39, 0.29) is 0 Å². The SMILES string of the molecule is CCCCCCOCc1ccccc1OC. The van der Waals surface area contributed by atoms with Crippen LogP contribution in [0.3, 0.4) is 0 Å². The molecule has 1 aromatic carbocycles. The van der Waals surface area contributed by atoms with Crippen molar-refractivity contribution in [3.8, 4) is 5.75 Å². The van der Waals surface area contributed by atoms with Crippen LogP contribution in [-0.4, -0.2) is 13.7 Å². The topological polar surface area (TPSA) is 18.5 Å².